The monoisotopic (exact) mass is 222 g/mol. The van der Waals surface area contributed by atoms with Crippen LogP contribution in [0.3, 0.4) is 0 Å². The number of aromatic nitrogens is 2. The number of likely N-dealkylation sites (tertiary alicyclic amines) is 1. The van der Waals surface area contributed by atoms with Crippen molar-refractivity contribution in [2.75, 3.05) is 19.6 Å². The maximum absolute atomic E-state index is 5.88. The fourth-order valence-electron chi connectivity index (χ4n) is 2.41. The molecule has 90 valence electrons. The predicted molar refractivity (Wildman–Crippen MR) is 65.4 cm³/mol. The fourth-order valence-corrected chi connectivity index (χ4v) is 2.41. The van der Waals surface area contributed by atoms with Crippen LogP contribution >= 0.6 is 0 Å². The Labute approximate surface area is 97.4 Å². The lowest BCUT2D eigenvalue weighted by Gasteiger charge is -2.14. The number of hydrogen-bond donors (Lipinski definition) is 1. The average molecular weight is 222 g/mol. The average Bonchev–Trinajstić information content (AvgIpc) is 2.74. The van der Waals surface area contributed by atoms with Crippen LogP contribution in [0.1, 0.15) is 24.2 Å². The van der Waals surface area contributed by atoms with Crippen molar-refractivity contribution in [1.82, 2.24) is 14.7 Å². The van der Waals surface area contributed by atoms with Crippen LogP contribution in [0.5, 0.6) is 0 Å². The van der Waals surface area contributed by atoms with Gasteiger partial charge in [-0.05, 0) is 45.8 Å². The Hall–Kier alpha value is -0.870. The second-order valence-corrected chi connectivity index (χ2v) is 4.85. The molecule has 0 aliphatic carbocycles. The Morgan fingerprint density at radius 2 is 2.25 bits per heavy atom. The molecule has 0 saturated carbocycles. The number of nitrogens with zero attached hydrogens (tertiary/aromatic N) is 3. The van der Waals surface area contributed by atoms with Crippen molar-refractivity contribution < 1.29 is 0 Å². The molecule has 0 amide bonds. The SMILES string of the molecule is Cc1cc(C)n(CCCN2CCC(N)C2)n1. The van der Waals surface area contributed by atoms with Crippen molar-refractivity contribution in [3.05, 3.63) is 17.5 Å². The van der Waals surface area contributed by atoms with Gasteiger partial charge in [0.25, 0.3) is 0 Å². The van der Waals surface area contributed by atoms with Gasteiger partial charge in [-0.1, -0.05) is 0 Å². The molecule has 1 aromatic heterocycles. The van der Waals surface area contributed by atoms with Gasteiger partial charge in [0, 0.05) is 24.8 Å². The van der Waals surface area contributed by atoms with Crippen molar-refractivity contribution in [1.29, 1.82) is 0 Å². The van der Waals surface area contributed by atoms with E-state index in [9.17, 15) is 0 Å². The van der Waals surface area contributed by atoms with Crippen LogP contribution in [0, 0.1) is 13.8 Å². The van der Waals surface area contributed by atoms with Crippen LogP contribution in [0.2, 0.25) is 0 Å². The first-order valence-corrected chi connectivity index (χ1v) is 6.14. The third-order valence-electron chi connectivity index (χ3n) is 3.26. The van der Waals surface area contributed by atoms with E-state index in [4.69, 9.17) is 5.73 Å². The molecule has 1 aliphatic rings. The molecule has 16 heavy (non-hydrogen) atoms. The van der Waals surface area contributed by atoms with Crippen molar-refractivity contribution >= 4 is 0 Å². The second kappa shape index (κ2) is 4.97. The Bertz CT molecular complexity index is 345. The Kier molecular flexibility index (Phi) is 3.61. The fraction of sp³-hybridized carbons (Fsp3) is 0.750. The highest BCUT2D eigenvalue weighted by Gasteiger charge is 2.17. The molecule has 2 N–H and O–H groups in total. The van der Waals surface area contributed by atoms with E-state index in [-0.39, 0.29) is 0 Å². The molecule has 1 aliphatic heterocycles. The second-order valence-electron chi connectivity index (χ2n) is 4.85. The molecule has 0 aromatic carbocycles. The predicted octanol–water partition coefficient (Wildman–Crippen LogP) is 0.923. The number of aryl methyl sites for hydroxylation is 3. The van der Waals surface area contributed by atoms with Gasteiger partial charge in [0.1, 0.15) is 0 Å². The first-order valence-electron chi connectivity index (χ1n) is 6.14. The van der Waals surface area contributed by atoms with Crippen LogP contribution in [-0.2, 0) is 6.54 Å². The standard InChI is InChI=1S/C12H22N4/c1-10-8-11(2)16(14-10)6-3-5-15-7-4-12(13)9-15/h8,12H,3-7,9,13H2,1-2H3. The molecule has 1 atom stereocenters. The highest BCUT2D eigenvalue weighted by atomic mass is 15.3. The minimum atomic E-state index is 0.397. The Morgan fingerprint density at radius 1 is 1.44 bits per heavy atom. The molecular formula is C12H22N4. The van der Waals surface area contributed by atoms with Gasteiger partial charge in [-0.2, -0.15) is 5.10 Å². The van der Waals surface area contributed by atoms with Gasteiger partial charge in [0.05, 0.1) is 5.69 Å². The maximum Gasteiger partial charge on any atom is 0.0596 e. The lowest BCUT2D eigenvalue weighted by Crippen LogP contribution is -2.27. The van der Waals surface area contributed by atoms with Gasteiger partial charge in [-0.25, -0.2) is 0 Å². The van der Waals surface area contributed by atoms with Gasteiger partial charge in [-0.15, -0.1) is 0 Å². The normalized spacial score (nSPS) is 21.8. The van der Waals surface area contributed by atoms with E-state index in [0.717, 1.165) is 44.7 Å². The summed E-state index contributed by atoms with van der Waals surface area (Å²) in [5.74, 6) is 0. The van der Waals surface area contributed by atoms with Crippen molar-refractivity contribution in [2.24, 2.45) is 5.73 Å². The number of nitrogens with two attached hydrogens (primary N) is 1. The van der Waals surface area contributed by atoms with Crippen LogP contribution in [-0.4, -0.2) is 40.4 Å². The third kappa shape index (κ3) is 2.83. The minimum absolute atomic E-state index is 0.397. The summed E-state index contributed by atoms with van der Waals surface area (Å²) in [7, 11) is 0. The molecule has 1 fully saturated rings. The number of rotatable bonds is 4. The molecule has 2 rings (SSSR count). The number of hydrogen-bond acceptors (Lipinski definition) is 3. The van der Waals surface area contributed by atoms with Crippen molar-refractivity contribution in [2.45, 2.75) is 39.3 Å². The first-order chi connectivity index (χ1) is 7.65. The summed E-state index contributed by atoms with van der Waals surface area (Å²) in [6.07, 6.45) is 2.31. The van der Waals surface area contributed by atoms with Crippen LogP contribution < -0.4 is 5.73 Å². The summed E-state index contributed by atoms with van der Waals surface area (Å²) in [5.41, 5.74) is 8.25. The molecule has 1 saturated heterocycles. The quantitative estimate of drug-likeness (QED) is 0.824. The van der Waals surface area contributed by atoms with Crippen LogP contribution in [0.25, 0.3) is 0 Å². The molecule has 0 radical (unpaired) electrons. The largest absolute Gasteiger partial charge is 0.326 e. The summed E-state index contributed by atoms with van der Waals surface area (Å²) in [5, 5.41) is 4.46. The molecule has 4 heteroatoms. The Balaban J connectivity index is 1.74. The lowest BCUT2D eigenvalue weighted by molar-refractivity contribution is 0.317. The lowest BCUT2D eigenvalue weighted by atomic mass is 10.3. The molecule has 0 spiro atoms. The molecule has 1 unspecified atom stereocenters. The maximum atomic E-state index is 5.88. The first kappa shape index (κ1) is 11.6. The summed E-state index contributed by atoms with van der Waals surface area (Å²) in [6, 6.07) is 2.53. The van der Waals surface area contributed by atoms with Crippen LogP contribution in [0.15, 0.2) is 6.07 Å². The molecule has 0 bridgehead atoms. The van der Waals surface area contributed by atoms with Crippen LogP contribution in [0.4, 0.5) is 0 Å². The Morgan fingerprint density at radius 3 is 2.81 bits per heavy atom. The summed E-state index contributed by atoms with van der Waals surface area (Å²) >= 11 is 0. The van der Waals surface area contributed by atoms with E-state index in [0.29, 0.717) is 6.04 Å². The molecule has 2 heterocycles. The zero-order valence-electron chi connectivity index (χ0n) is 10.3. The van der Waals surface area contributed by atoms with E-state index in [1.54, 1.807) is 0 Å². The van der Waals surface area contributed by atoms with E-state index in [1.165, 1.54) is 5.69 Å². The molecule has 1 aromatic rings. The highest BCUT2D eigenvalue weighted by molar-refractivity contribution is 5.06. The van der Waals surface area contributed by atoms with Gasteiger partial charge < -0.3 is 10.6 Å². The summed E-state index contributed by atoms with van der Waals surface area (Å²) < 4.78 is 2.10. The van der Waals surface area contributed by atoms with Gasteiger partial charge >= 0.3 is 0 Å². The zero-order chi connectivity index (χ0) is 11.5. The van der Waals surface area contributed by atoms with Crippen molar-refractivity contribution in [3.63, 3.8) is 0 Å². The zero-order valence-corrected chi connectivity index (χ0v) is 10.3. The summed E-state index contributed by atoms with van der Waals surface area (Å²) in [6.45, 7) is 8.56. The van der Waals surface area contributed by atoms with E-state index < -0.39 is 0 Å². The van der Waals surface area contributed by atoms with Gasteiger partial charge in [0.15, 0.2) is 0 Å². The van der Waals surface area contributed by atoms with Gasteiger partial charge in [0.2, 0.25) is 0 Å². The van der Waals surface area contributed by atoms with E-state index in [2.05, 4.69) is 27.7 Å². The molecule has 4 nitrogen and oxygen atoms in total. The van der Waals surface area contributed by atoms with Crippen molar-refractivity contribution in [3.8, 4) is 0 Å². The van der Waals surface area contributed by atoms with Gasteiger partial charge in [-0.3, -0.25) is 4.68 Å². The topological polar surface area (TPSA) is 47.1 Å². The van der Waals surface area contributed by atoms with E-state index in [1.807, 2.05) is 6.92 Å². The minimum Gasteiger partial charge on any atom is -0.326 e. The van der Waals surface area contributed by atoms with E-state index >= 15 is 0 Å². The molecular weight excluding hydrogens is 200 g/mol. The summed E-state index contributed by atoms with van der Waals surface area (Å²) in [4.78, 5) is 2.45. The smallest absolute Gasteiger partial charge is 0.0596 e. The third-order valence-corrected chi connectivity index (χ3v) is 3.26. The highest BCUT2D eigenvalue weighted by Crippen LogP contribution is 2.08.